The van der Waals surface area contributed by atoms with Gasteiger partial charge < -0.3 is 14.7 Å². The summed E-state index contributed by atoms with van der Waals surface area (Å²) in [6, 6.07) is 24.6. The standard InChI is InChI=1S/C39H48N4O4/c1-25(30-12-8-9-23-40-30)41-31-19-20-32(41)34-22-21-33(31)43(34)37(45)28-15-13-26(14-16-28)24-29-17-18-35(36(44)27-10-6-5-7-11-27)42(29)38(46)47-39(2,3)4/h5-16,23,25,29,31-36,44H,17-22,24H2,1-4H3/t25-,29+,31?,32?,33?,34?,35-,36-/m1/s1. The van der Waals surface area contributed by atoms with E-state index >= 15 is 0 Å². The Bertz CT molecular complexity index is 1540. The average molecular weight is 637 g/mol. The van der Waals surface area contributed by atoms with E-state index in [2.05, 4.69) is 33.8 Å². The molecule has 2 amide bonds. The molecule has 3 aromatic rings. The maximum atomic E-state index is 14.1. The predicted octanol–water partition coefficient (Wildman–Crippen LogP) is 6.71. The van der Waals surface area contributed by atoms with Crippen molar-refractivity contribution >= 4 is 12.0 Å². The number of piperazine rings is 1. The molecule has 5 heterocycles. The van der Waals surface area contributed by atoms with E-state index in [0.717, 1.165) is 54.5 Å². The summed E-state index contributed by atoms with van der Waals surface area (Å²) in [5.41, 5.74) is 3.04. The Morgan fingerprint density at radius 2 is 1.47 bits per heavy atom. The Labute approximate surface area is 278 Å². The highest BCUT2D eigenvalue weighted by Crippen LogP contribution is 2.49. The lowest BCUT2D eigenvalue weighted by Gasteiger charge is -2.49. The highest BCUT2D eigenvalue weighted by molar-refractivity contribution is 5.95. The van der Waals surface area contributed by atoms with Crippen LogP contribution >= 0.6 is 0 Å². The average Bonchev–Trinajstić information content (AvgIpc) is 3.76. The molecule has 4 fully saturated rings. The molecule has 4 aliphatic heterocycles. The van der Waals surface area contributed by atoms with E-state index in [4.69, 9.17) is 4.74 Å². The number of nitrogens with zero attached hydrogens (tertiary/aromatic N) is 4. The summed E-state index contributed by atoms with van der Waals surface area (Å²) >= 11 is 0. The van der Waals surface area contributed by atoms with Crippen molar-refractivity contribution in [1.82, 2.24) is 19.7 Å². The van der Waals surface area contributed by atoms with E-state index in [1.54, 1.807) is 4.90 Å². The molecule has 7 rings (SSSR count). The van der Waals surface area contributed by atoms with Crippen molar-refractivity contribution < 1.29 is 19.4 Å². The molecule has 0 aliphatic carbocycles. The summed E-state index contributed by atoms with van der Waals surface area (Å²) in [6.45, 7) is 7.87. The number of fused-ring (bicyclic) bond motifs is 6. The van der Waals surface area contributed by atoms with Crippen molar-refractivity contribution in [2.24, 2.45) is 0 Å². The summed E-state index contributed by atoms with van der Waals surface area (Å²) in [7, 11) is 0. The molecule has 47 heavy (non-hydrogen) atoms. The van der Waals surface area contributed by atoms with Gasteiger partial charge in [-0.1, -0.05) is 48.5 Å². The lowest BCUT2D eigenvalue weighted by Crippen LogP contribution is -2.62. The van der Waals surface area contributed by atoms with E-state index in [1.165, 1.54) is 0 Å². The van der Waals surface area contributed by atoms with Gasteiger partial charge in [0.2, 0.25) is 0 Å². The first-order valence-electron chi connectivity index (χ1n) is 17.4. The van der Waals surface area contributed by atoms with Gasteiger partial charge in [0.25, 0.3) is 5.91 Å². The molecule has 4 unspecified atom stereocenters. The third-order valence-electron chi connectivity index (χ3n) is 11.0. The van der Waals surface area contributed by atoms with Gasteiger partial charge in [0.1, 0.15) is 5.60 Å². The molecule has 8 nitrogen and oxygen atoms in total. The monoisotopic (exact) mass is 636 g/mol. The van der Waals surface area contributed by atoms with Gasteiger partial charge in [0.05, 0.1) is 17.8 Å². The highest BCUT2D eigenvalue weighted by atomic mass is 16.6. The van der Waals surface area contributed by atoms with E-state index in [1.807, 2.05) is 87.6 Å². The van der Waals surface area contributed by atoms with Crippen LogP contribution in [0.4, 0.5) is 4.79 Å². The molecule has 2 aromatic carbocycles. The van der Waals surface area contributed by atoms with Crippen molar-refractivity contribution in [1.29, 1.82) is 0 Å². The molecule has 8 heteroatoms. The Morgan fingerprint density at radius 1 is 0.830 bits per heavy atom. The summed E-state index contributed by atoms with van der Waals surface area (Å²) in [4.78, 5) is 38.9. The SMILES string of the molecule is C[C@H](c1ccccn1)N1C2CCC1C1CCC2N1C(=O)c1ccc(C[C@@H]2CC[C@H]([C@H](O)c3ccccc3)N2C(=O)OC(C)(C)C)cc1. The molecule has 0 spiro atoms. The summed E-state index contributed by atoms with van der Waals surface area (Å²) in [6.07, 6.45) is 7.13. The molecule has 4 bridgehead atoms. The maximum absolute atomic E-state index is 14.1. The van der Waals surface area contributed by atoms with Gasteiger partial charge in [0, 0.05) is 48.0 Å². The van der Waals surface area contributed by atoms with Crippen LogP contribution in [0.3, 0.4) is 0 Å². The number of benzene rings is 2. The molecular formula is C39H48N4O4. The zero-order valence-corrected chi connectivity index (χ0v) is 28.0. The first-order valence-corrected chi connectivity index (χ1v) is 17.4. The van der Waals surface area contributed by atoms with Crippen LogP contribution < -0.4 is 0 Å². The number of carbonyl (C=O) groups excluding carboxylic acids is 2. The quantitative estimate of drug-likeness (QED) is 0.311. The van der Waals surface area contributed by atoms with E-state index in [0.29, 0.717) is 24.9 Å². The van der Waals surface area contributed by atoms with Gasteiger partial charge in [-0.25, -0.2) is 4.79 Å². The second kappa shape index (κ2) is 12.7. The topological polar surface area (TPSA) is 86.2 Å². The van der Waals surface area contributed by atoms with Crippen LogP contribution in [0, 0.1) is 0 Å². The van der Waals surface area contributed by atoms with Gasteiger partial charge in [-0.2, -0.15) is 0 Å². The maximum Gasteiger partial charge on any atom is 0.410 e. The number of rotatable bonds is 7. The zero-order chi connectivity index (χ0) is 32.9. The van der Waals surface area contributed by atoms with Gasteiger partial charge in [-0.15, -0.1) is 0 Å². The van der Waals surface area contributed by atoms with Gasteiger partial charge in [-0.3, -0.25) is 19.6 Å². The van der Waals surface area contributed by atoms with Crippen molar-refractivity contribution in [3.8, 4) is 0 Å². The summed E-state index contributed by atoms with van der Waals surface area (Å²) < 4.78 is 5.84. The molecule has 4 saturated heterocycles. The number of amides is 2. The minimum absolute atomic E-state index is 0.115. The van der Waals surface area contributed by atoms with Crippen molar-refractivity contribution in [2.75, 3.05) is 0 Å². The predicted molar refractivity (Wildman–Crippen MR) is 181 cm³/mol. The van der Waals surface area contributed by atoms with E-state index in [9.17, 15) is 14.7 Å². The number of pyridine rings is 1. The van der Waals surface area contributed by atoms with Crippen LogP contribution in [0.25, 0.3) is 0 Å². The molecule has 0 saturated carbocycles. The first kappa shape index (κ1) is 31.8. The van der Waals surface area contributed by atoms with Crippen LogP contribution in [-0.4, -0.2) is 78.6 Å². The molecule has 0 radical (unpaired) electrons. The van der Waals surface area contributed by atoms with Gasteiger partial charge in [-0.05, 0) is 108 Å². The normalized spacial score (nSPS) is 28.4. The number of aromatic nitrogens is 1. The molecule has 248 valence electrons. The number of likely N-dealkylation sites (tertiary alicyclic amines) is 1. The molecular weight excluding hydrogens is 588 g/mol. The van der Waals surface area contributed by atoms with E-state index < -0.39 is 17.8 Å². The largest absolute Gasteiger partial charge is 0.444 e. The first-order chi connectivity index (χ1) is 22.6. The lowest BCUT2D eigenvalue weighted by atomic mass is 9.98. The van der Waals surface area contributed by atoms with Crippen molar-refractivity contribution in [3.63, 3.8) is 0 Å². The Balaban J connectivity index is 1.06. The van der Waals surface area contributed by atoms with Crippen LogP contribution in [0.1, 0.15) is 106 Å². The zero-order valence-electron chi connectivity index (χ0n) is 28.0. The fraction of sp³-hybridized carbons (Fsp3) is 0.513. The number of aliphatic hydroxyl groups is 1. The second-order valence-corrected chi connectivity index (χ2v) is 15.0. The number of hydrogen-bond acceptors (Lipinski definition) is 6. The minimum atomic E-state index is -0.799. The van der Waals surface area contributed by atoms with Crippen LogP contribution in [0.15, 0.2) is 79.0 Å². The molecule has 4 aliphatic rings. The highest BCUT2D eigenvalue weighted by Gasteiger charge is 2.57. The summed E-state index contributed by atoms with van der Waals surface area (Å²) in [5, 5.41) is 11.3. The summed E-state index contributed by atoms with van der Waals surface area (Å²) in [5.74, 6) is 0.133. The number of carbonyl (C=O) groups is 2. The molecule has 8 atom stereocenters. The molecule has 1 N–H and O–H groups in total. The van der Waals surface area contributed by atoms with Crippen molar-refractivity contribution in [3.05, 3.63) is 101 Å². The van der Waals surface area contributed by atoms with E-state index in [-0.39, 0.29) is 36.1 Å². The second-order valence-electron chi connectivity index (χ2n) is 15.0. The Kier molecular flexibility index (Phi) is 8.60. The third kappa shape index (κ3) is 6.06. The number of ether oxygens (including phenoxy) is 1. The van der Waals surface area contributed by atoms with Crippen LogP contribution in [-0.2, 0) is 11.2 Å². The fourth-order valence-electron chi connectivity index (χ4n) is 9.04. The minimum Gasteiger partial charge on any atom is -0.444 e. The van der Waals surface area contributed by atoms with Crippen LogP contribution in [0.5, 0.6) is 0 Å². The fourth-order valence-corrected chi connectivity index (χ4v) is 9.04. The number of aliphatic hydroxyl groups excluding tert-OH is 1. The van der Waals surface area contributed by atoms with Gasteiger partial charge in [0.15, 0.2) is 0 Å². The Morgan fingerprint density at radius 3 is 2.09 bits per heavy atom. The Hall–Kier alpha value is -3.75. The third-order valence-corrected chi connectivity index (χ3v) is 11.0. The molecule has 1 aromatic heterocycles. The lowest BCUT2D eigenvalue weighted by molar-refractivity contribution is -0.00792. The number of hydrogen-bond donors (Lipinski definition) is 1. The van der Waals surface area contributed by atoms with Crippen molar-refractivity contribution in [2.45, 2.75) is 127 Å². The smallest absolute Gasteiger partial charge is 0.410 e. The van der Waals surface area contributed by atoms with Crippen LogP contribution in [0.2, 0.25) is 0 Å². The van der Waals surface area contributed by atoms with Gasteiger partial charge >= 0.3 is 6.09 Å².